The van der Waals surface area contributed by atoms with Crippen molar-refractivity contribution in [1.29, 1.82) is 0 Å². The predicted octanol–water partition coefficient (Wildman–Crippen LogP) is 1.51. The molecule has 100 valence electrons. The van der Waals surface area contributed by atoms with Crippen LogP contribution < -0.4 is 11.1 Å². The Labute approximate surface area is 107 Å². The second-order valence-electron chi connectivity index (χ2n) is 5.06. The van der Waals surface area contributed by atoms with E-state index in [1.54, 1.807) is 0 Å². The van der Waals surface area contributed by atoms with Crippen LogP contribution in [0.2, 0.25) is 0 Å². The van der Waals surface area contributed by atoms with Crippen molar-refractivity contribution in [3.63, 3.8) is 0 Å². The van der Waals surface area contributed by atoms with Gasteiger partial charge in [-0.3, -0.25) is 4.79 Å². The zero-order valence-corrected chi connectivity index (χ0v) is 10.8. The molecule has 2 unspecified atom stereocenters. The van der Waals surface area contributed by atoms with E-state index in [1.807, 2.05) is 13.0 Å². The summed E-state index contributed by atoms with van der Waals surface area (Å²) in [5.41, 5.74) is 6.36. The van der Waals surface area contributed by atoms with Crippen LogP contribution in [0.25, 0.3) is 0 Å². The number of aryl methyl sites for hydroxylation is 1. The van der Waals surface area contributed by atoms with Crippen LogP contribution >= 0.6 is 0 Å². The van der Waals surface area contributed by atoms with Gasteiger partial charge in [-0.25, -0.2) is 0 Å². The maximum absolute atomic E-state index is 11.5. The lowest BCUT2D eigenvalue weighted by molar-refractivity contribution is -0.122. The molecule has 1 aromatic rings. The second kappa shape index (κ2) is 6.00. The van der Waals surface area contributed by atoms with Crippen molar-refractivity contribution in [3.05, 3.63) is 17.5 Å². The fraction of sp³-hybridized carbons (Fsp3) is 0.692. The summed E-state index contributed by atoms with van der Waals surface area (Å²) in [4.78, 5) is 11.5. The van der Waals surface area contributed by atoms with Gasteiger partial charge in [0.25, 0.3) is 0 Å². The number of nitrogens with one attached hydrogen (secondary N) is 1. The summed E-state index contributed by atoms with van der Waals surface area (Å²) in [5.74, 6) is 0.561. The van der Waals surface area contributed by atoms with Crippen molar-refractivity contribution in [1.82, 2.24) is 10.5 Å². The highest BCUT2D eigenvalue weighted by molar-refractivity contribution is 5.77. The van der Waals surface area contributed by atoms with Gasteiger partial charge in [0, 0.05) is 18.7 Å². The Bertz CT molecular complexity index is 403. The van der Waals surface area contributed by atoms with E-state index in [1.165, 1.54) is 6.42 Å². The highest BCUT2D eigenvalue weighted by Crippen LogP contribution is 2.23. The van der Waals surface area contributed by atoms with Crippen molar-refractivity contribution in [3.8, 4) is 0 Å². The Morgan fingerprint density at radius 3 is 2.94 bits per heavy atom. The minimum Gasteiger partial charge on any atom is -0.369 e. The molecule has 1 aliphatic carbocycles. The normalized spacial score (nSPS) is 24.7. The SMILES string of the molecule is Cc1cc(CNC2CCCCCC2C(N)=O)no1. The first kappa shape index (κ1) is 13.1. The molecule has 0 saturated heterocycles. The first-order valence-electron chi connectivity index (χ1n) is 6.61. The highest BCUT2D eigenvalue weighted by atomic mass is 16.5. The summed E-state index contributed by atoms with van der Waals surface area (Å²) in [7, 11) is 0. The van der Waals surface area contributed by atoms with E-state index in [9.17, 15) is 4.79 Å². The largest absolute Gasteiger partial charge is 0.369 e. The molecule has 18 heavy (non-hydrogen) atoms. The van der Waals surface area contributed by atoms with E-state index in [0.29, 0.717) is 6.54 Å². The van der Waals surface area contributed by atoms with E-state index in [-0.39, 0.29) is 17.9 Å². The summed E-state index contributed by atoms with van der Waals surface area (Å²) in [5, 5.41) is 7.34. The van der Waals surface area contributed by atoms with Gasteiger partial charge in [-0.05, 0) is 19.8 Å². The average Bonchev–Trinajstić information content (AvgIpc) is 2.62. The molecule has 5 nitrogen and oxygen atoms in total. The van der Waals surface area contributed by atoms with Gasteiger partial charge in [0.05, 0.1) is 11.6 Å². The Balaban J connectivity index is 1.94. The Hall–Kier alpha value is -1.36. The van der Waals surface area contributed by atoms with Crippen molar-refractivity contribution in [2.75, 3.05) is 0 Å². The van der Waals surface area contributed by atoms with Crippen LogP contribution in [-0.4, -0.2) is 17.1 Å². The molecule has 0 aliphatic heterocycles. The van der Waals surface area contributed by atoms with Gasteiger partial charge in [-0.15, -0.1) is 0 Å². The lowest BCUT2D eigenvalue weighted by Crippen LogP contribution is -2.41. The van der Waals surface area contributed by atoms with Crippen LogP contribution in [0.5, 0.6) is 0 Å². The fourth-order valence-corrected chi connectivity index (χ4v) is 2.63. The van der Waals surface area contributed by atoms with Crippen molar-refractivity contribution < 1.29 is 9.32 Å². The van der Waals surface area contributed by atoms with Crippen LogP contribution in [-0.2, 0) is 11.3 Å². The van der Waals surface area contributed by atoms with Gasteiger partial charge in [-0.2, -0.15) is 0 Å². The summed E-state index contributed by atoms with van der Waals surface area (Å²) in [6.45, 7) is 2.50. The molecule has 0 bridgehead atoms. The molecule has 1 aliphatic rings. The van der Waals surface area contributed by atoms with E-state index in [0.717, 1.165) is 37.1 Å². The Kier molecular flexibility index (Phi) is 4.36. The van der Waals surface area contributed by atoms with Crippen LogP contribution in [0, 0.1) is 12.8 Å². The number of carbonyl (C=O) groups excluding carboxylic acids is 1. The Morgan fingerprint density at radius 2 is 2.28 bits per heavy atom. The molecule has 1 saturated carbocycles. The average molecular weight is 251 g/mol. The molecular weight excluding hydrogens is 230 g/mol. The quantitative estimate of drug-likeness (QED) is 0.795. The lowest BCUT2D eigenvalue weighted by atomic mass is 9.94. The third-order valence-electron chi connectivity index (χ3n) is 3.60. The molecule has 2 atom stereocenters. The number of aromatic nitrogens is 1. The molecule has 1 heterocycles. The topological polar surface area (TPSA) is 81.1 Å². The predicted molar refractivity (Wildman–Crippen MR) is 67.6 cm³/mol. The number of amides is 1. The smallest absolute Gasteiger partial charge is 0.222 e. The number of hydrogen-bond donors (Lipinski definition) is 2. The summed E-state index contributed by atoms with van der Waals surface area (Å²) < 4.78 is 5.02. The highest BCUT2D eigenvalue weighted by Gasteiger charge is 2.27. The molecule has 5 heteroatoms. The lowest BCUT2D eigenvalue weighted by Gasteiger charge is -2.23. The molecule has 2 rings (SSSR count). The summed E-state index contributed by atoms with van der Waals surface area (Å²) in [6.07, 6.45) is 5.33. The number of nitrogens with two attached hydrogens (primary N) is 1. The summed E-state index contributed by atoms with van der Waals surface area (Å²) >= 11 is 0. The van der Waals surface area contributed by atoms with Gasteiger partial charge in [0.2, 0.25) is 5.91 Å². The van der Waals surface area contributed by atoms with Gasteiger partial charge in [-0.1, -0.05) is 24.4 Å². The summed E-state index contributed by atoms with van der Waals surface area (Å²) in [6, 6.07) is 2.07. The molecule has 1 amide bonds. The maximum Gasteiger partial charge on any atom is 0.222 e. The molecule has 3 N–H and O–H groups in total. The number of primary amides is 1. The van der Waals surface area contributed by atoms with E-state index >= 15 is 0 Å². The standard InChI is InChI=1S/C13H21N3O2/c1-9-7-10(16-18-9)8-15-12-6-4-2-3-5-11(12)13(14)17/h7,11-12,15H,2-6,8H2,1H3,(H2,14,17). The Morgan fingerprint density at radius 1 is 1.50 bits per heavy atom. The number of hydrogen-bond acceptors (Lipinski definition) is 4. The van der Waals surface area contributed by atoms with Gasteiger partial charge in [0.15, 0.2) is 0 Å². The molecule has 0 spiro atoms. The zero-order valence-electron chi connectivity index (χ0n) is 10.8. The second-order valence-corrected chi connectivity index (χ2v) is 5.06. The minimum atomic E-state index is -0.189. The molecule has 0 aromatic carbocycles. The first-order chi connectivity index (χ1) is 8.66. The molecular formula is C13H21N3O2. The number of nitrogens with zero attached hydrogens (tertiary/aromatic N) is 1. The van der Waals surface area contributed by atoms with Crippen LogP contribution in [0.3, 0.4) is 0 Å². The minimum absolute atomic E-state index is 0.0551. The van der Waals surface area contributed by atoms with Gasteiger partial charge >= 0.3 is 0 Å². The number of rotatable bonds is 4. The van der Waals surface area contributed by atoms with Gasteiger partial charge < -0.3 is 15.6 Å². The monoisotopic (exact) mass is 251 g/mol. The first-order valence-corrected chi connectivity index (χ1v) is 6.61. The molecule has 1 fully saturated rings. The fourth-order valence-electron chi connectivity index (χ4n) is 2.63. The molecule has 0 radical (unpaired) electrons. The third-order valence-corrected chi connectivity index (χ3v) is 3.60. The zero-order chi connectivity index (χ0) is 13.0. The number of carbonyl (C=O) groups is 1. The van der Waals surface area contributed by atoms with Crippen LogP contribution in [0.15, 0.2) is 10.6 Å². The van der Waals surface area contributed by atoms with Crippen molar-refractivity contribution >= 4 is 5.91 Å². The third kappa shape index (κ3) is 3.32. The van der Waals surface area contributed by atoms with Crippen molar-refractivity contribution in [2.24, 2.45) is 11.7 Å². The maximum atomic E-state index is 11.5. The van der Waals surface area contributed by atoms with Crippen LogP contribution in [0.1, 0.15) is 43.6 Å². The van der Waals surface area contributed by atoms with E-state index in [2.05, 4.69) is 10.5 Å². The molecule has 1 aromatic heterocycles. The van der Waals surface area contributed by atoms with E-state index in [4.69, 9.17) is 10.3 Å². The van der Waals surface area contributed by atoms with Gasteiger partial charge in [0.1, 0.15) is 5.76 Å². The van der Waals surface area contributed by atoms with Crippen LogP contribution in [0.4, 0.5) is 0 Å². The van der Waals surface area contributed by atoms with E-state index < -0.39 is 0 Å². The van der Waals surface area contributed by atoms with Crippen molar-refractivity contribution in [2.45, 2.75) is 51.6 Å².